The SMILES string of the molecule is CCC(C)(CCO)NC(=O)Nc1cccc(CCN2CCCC2)c1. The molecule has 1 saturated heterocycles. The molecule has 1 unspecified atom stereocenters. The fourth-order valence-corrected chi connectivity index (χ4v) is 3.11. The Bertz CT molecular complexity index is 529. The van der Waals surface area contributed by atoms with E-state index in [0.717, 1.165) is 25.1 Å². The van der Waals surface area contributed by atoms with Crippen molar-refractivity contribution in [2.75, 3.05) is 31.6 Å². The highest BCUT2D eigenvalue weighted by Gasteiger charge is 2.23. The average molecular weight is 333 g/mol. The molecule has 24 heavy (non-hydrogen) atoms. The van der Waals surface area contributed by atoms with Crippen LogP contribution in [0, 0.1) is 0 Å². The first-order valence-electron chi connectivity index (χ1n) is 9.06. The van der Waals surface area contributed by atoms with Crippen LogP contribution in [0.3, 0.4) is 0 Å². The summed E-state index contributed by atoms with van der Waals surface area (Å²) in [6.45, 7) is 7.53. The first-order valence-corrected chi connectivity index (χ1v) is 9.06. The van der Waals surface area contributed by atoms with Gasteiger partial charge in [0.25, 0.3) is 0 Å². The van der Waals surface area contributed by atoms with Crippen molar-refractivity contribution >= 4 is 11.7 Å². The first-order chi connectivity index (χ1) is 11.5. The molecule has 1 aromatic rings. The number of nitrogens with zero attached hydrogens (tertiary/aromatic N) is 1. The van der Waals surface area contributed by atoms with Gasteiger partial charge in [0.15, 0.2) is 0 Å². The Morgan fingerprint density at radius 3 is 2.75 bits per heavy atom. The molecular weight excluding hydrogens is 302 g/mol. The van der Waals surface area contributed by atoms with E-state index in [1.54, 1.807) is 0 Å². The number of aliphatic hydroxyl groups is 1. The average Bonchev–Trinajstić information content (AvgIpc) is 3.07. The van der Waals surface area contributed by atoms with Gasteiger partial charge in [0, 0.05) is 24.4 Å². The molecule has 0 aliphatic carbocycles. The summed E-state index contributed by atoms with van der Waals surface area (Å²) in [4.78, 5) is 14.7. The molecule has 1 heterocycles. The number of aliphatic hydroxyl groups excluding tert-OH is 1. The Kier molecular flexibility index (Phi) is 7.06. The number of urea groups is 1. The number of carbonyl (C=O) groups excluding carboxylic acids is 1. The molecule has 0 radical (unpaired) electrons. The van der Waals surface area contributed by atoms with E-state index in [1.165, 1.54) is 31.5 Å². The minimum Gasteiger partial charge on any atom is -0.396 e. The van der Waals surface area contributed by atoms with Gasteiger partial charge >= 0.3 is 6.03 Å². The molecule has 5 nitrogen and oxygen atoms in total. The molecule has 0 aromatic heterocycles. The van der Waals surface area contributed by atoms with Gasteiger partial charge in [-0.3, -0.25) is 0 Å². The third-order valence-corrected chi connectivity index (χ3v) is 4.96. The van der Waals surface area contributed by atoms with Crippen molar-refractivity contribution in [2.45, 2.75) is 51.5 Å². The summed E-state index contributed by atoms with van der Waals surface area (Å²) in [7, 11) is 0. The van der Waals surface area contributed by atoms with E-state index < -0.39 is 0 Å². The van der Waals surface area contributed by atoms with Gasteiger partial charge in [0.05, 0.1) is 0 Å². The molecular formula is C19H31N3O2. The van der Waals surface area contributed by atoms with Gasteiger partial charge in [-0.2, -0.15) is 0 Å². The van der Waals surface area contributed by atoms with Crippen LogP contribution >= 0.6 is 0 Å². The predicted molar refractivity (Wildman–Crippen MR) is 98.4 cm³/mol. The summed E-state index contributed by atoms with van der Waals surface area (Å²) in [6, 6.07) is 7.84. The summed E-state index contributed by atoms with van der Waals surface area (Å²) in [6.07, 6.45) is 4.95. The zero-order valence-corrected chi connectivity index (χ0v) is 15.0. The third-order valence-electron chi connectivity index (χ3n) is 4.96. The lowest BCUT2D eigenvalue weighted by molar-refractivity contribution is 0.208. The maximum absolute atomic E-state index is 12.2. The lowest BCUT2D eigenvalue weighted by Crippen LogP contribution is -2.48. The van der Waals surface area contributed by atoms with Gasteiger partial charge in [-0.05, 0) is 69.8 Å². The van der Waals surface area contributed by atoms with E-state index in [-0.39, 0.29) is 18.2 Å². The van der Waals surface area contributed by atoms with Gasteiger partial charge in [-0.1, -0.05) is 19.1 Å². The summed E-state index contributed by atoms with van der Waals surface area (Å²) in [5.74, 6) is 0. The van der Waals surface area contributed by atoms with Crippen LogP contribution in [0.4, 0.5) is 10.5 Å². The largest absolute Gasteiger partial charge is 0.396 e. The highest BCUT2D eigenvalue weighted by atomic mass is 16.3. The van der Waals surface area contributed by atoms with Crippen LogP contribution in [0.15, 0.2) is 24.3 Å². The van der Waals surface area contributed by atoms with E-state index in [9.17, 15) is 4.79 Å². The molecule has 1 atom stereocenters. The third kappa shape index (κ3) is 5.80. The number of carbonyl (C=O) groups is 1. The lowest BCUT2D eigenvalue weighted by Gasteiger charge is -2.29. The number of hydrogen-bond donors (Lipinski definition) is 3. The number of rotatable bonds is 8. The molecule has 1 aromatic carbocycles. The predicted octanol–water partition coefficient (Wildman–Crippen LogP) is 3.00. The number of nitrogens with one attached hydrogen (secondary N) is 2. The van der Waals surface area contributed by atoms with Crippen LogP contribution in [-0.4, -0.2) is 47.8 Å². The zero-order valence-electron chi connectivity index (χ0n) is 15.0. The van der Waals surface area contributed by atoms with E-state index in [2.05, 4.69) is 21.6 Å². The summed E-state index contributed by atoms with van der Waals surface area (Å²) in [5, 5.41) is 15.0. The molecule has 1 fully saturated rings. The standard InChI is InChI=1S/C19H31N3O2/c1-3-19(2,10-14-23)21-18(24)20-17-8-6-7-16(15-17)9-13-22-11-4-5-12-22/h6-8,15,23H,3-5,9-14H2,1-2H3,(H2,20,21,24). The molecule has 1 aliphatic heterocycles. The number of benzene rings is 1. The van der Waals surface area contributed by atoms with E-state index >= 15 is 0 Å². The van der Waals surface area contributed by atoms with E-state index in [4.69, 9.17) is 5.11 Å². The normalized spacial score (nSPS) is 17.5. The van der Waals surface area contributed by atoms with Gasteiger partial charge in [0.2, 0.25) is 0 Å². The summed E-state index contributed by atoms with van der Waals surface area (Å²) >= 11 is 0. The van der Waals surface area contributed by atoms with Crippen LogP contribution < -0.4 is 10.6 Å². The highest BCUT2D eigenvalue weighted by molar-refractivity contribution is 5.89. The van der Waals surface area contributed by atoms with Crippen molar-refractivity contribution in [3.05, 3.63) is 29.8 Å². The molecule has 2 amide bonds. The maximum Gasteiger partial charge on any atom is 0.319 e. The Balaban J connectivity index is 1.87. The Morgan fingerprint density at radius 2 is 2.08 bits per heavy atom. The Hall–Kier alpha value is -1.59. The van der Waals surface area contributed by atoms with Crippen molar-refractivity contribution < 1.29 is 9.90 Å². The first kappa shape index (κ1) is 18.7. The molecule has 0 spiro atoms. The topological polar surface area (TPSA) is 64.6 Å². The minimum absolute atomic E-state index is 0.0661. The van der Waals surface area contributed by atoms with Crippen LogP contribution in [-0.2, 0) is 6.42 Å². The smallest absolute Gasteiger partial charge is 0.319 e. The second-order valence-corrected chi connectivity index (χ2v) is 6.97. The van der Waals surface area contributed by atoms with Crippen molar-refractivity contribution in [3.63, 3.8) is 0 Å². The second kappa shape index (κ2) is 9.04. The highest BCUT2D eigenvalue weighted by Crippen LogP contribution is 2.16. The second-order valence-electron chi connectivity index (χ2n) is 6.97. The maximum atomic E-state index is 12.2. The zero-order chi connectivity index (χ0) is 17.4. The van der Waals surface area contributed by atoms with Crippen molar-refractivity contribution in [3.8, 4) is 0 Å². The number of anilines is 1. The van der Waals surface area contributed by atoms with E-state index in [0.29, 0.717) is 6.42 Å². The van der Waals surface area contributed by atoms with Crippen molar-refractivity contribution in [1.29, 1.82) is 0 Å². The molecule has 0 bridgehead atoms. The lowest BCUT2D eigenvalue weighted by atomic mass is 9.95. The number of hydrogen-bond acceptors (Lipinski definition) is 3. The summed E-state index contributed by atoms with van der Waals surface area (Å²) in [5.41, 5.74) is 1.67. The van der Waals surface area contributed by atoms with Crippen LogP contribution in [0.1, 0.15) is 45.1 Å². The fraction of sp³-hybridized carbons (Fsp3) is 0.632. The molecule has 1 aliphatic rings. The fourth-order valence-electron chi connectivity index (χ4n) is 3.11. The van der Waals surface area contributed by atoms with Gasteiger partial charge < -0.3 is 20.6 Å². The number of likely N-dealkylation sites (tertiary alicyclic amines) is 1. The molecule has 134 valence electrons. The van der Waals surface area contributed by atoms with E-state index in [1.807, 2.05) is 32.0 Å². The Labute approximate surface area is 145 Å². The molecule has 0 saturated carbocycles. The monoisotopic (exact) mass is 333 g/mol. The summed E-state index contributed by atoms with van der Waals surface area (Å²) < 4.78 is 0. The van der Waals surface area contributed by atoms with Gasteiger partial charge in [-0.15, -0.1) is 0 Å². The quantitative estimate of drug-likeness (QED) is 0.685. The molecule has 2 rings (SSSR count). The van der Waals surface area contributed by atoms with Crippen LogP contribution in [0.5, 0.6) is 0 Å². The molecule has 3 N–H and O–H groups in total. The van der Waals surface area contributed by atoms with Gasteiger partial charge in [-0.25, -0.2) is 4.79 Å². The van der Waals surface area contributed by atoms with Crippen molar-refractivity contribution in [1.82, 2.24) is 10.2 Å². The van der Waals surface area contributed by atoms with Crippen LogP contribution in [0.2, 0.25) is 0 Å². The Morgan fingerprint density at radius 1 is 1.33 bits per heavy atom. The number of amides is 2. The van der Waals surface area contributed by atoms with Gasteiger partial charge in [0.1, 0.15) is 0 Å². The molecule has 5 heteroatoms. The van der Waals surface area contributed by atoms with Crippen molar-refractivity contribution in [2.24, 2.45) is 0 Å². The van der Waals surface area contributed by atoms with Crippen LogP contribution in [0.25, 0.3) is 0 Å². The minimum atomic E-state index is -0.383.